The maximum Gasteiger partial charge on any atom is 0.522 e. The Morgan fingerprint density at radius 2 is 1.88 bits per heavy atom. The predicted molar refractivity (Wildman–Crippen MR) is 57.7 cm³/mol. The van der Waals surface area contributed by atoms with Crippen LogP contribution in [0.1, 0.15) is 0 Å². The number of halogens is 3. The molecule has 0 spiro atoms. The highest BCUT2D eigenvalue weighted by Gasteiger charge is 2.28. The summed E-state index contributed by atoms with van der Waals surface area (Å²) in [4.78, 5) is 0.667. The Kier molecular flexibility index (Phi) is 4.95. The van der Waals surface area contributed by atoms with Crippen LogP contribution in [0.2, 0.25) is 0 Å². The Hall–Kier alpha value is -1.08. The minimum Gasteiger partial charge on any atom is -0.493 e. The van der Waals surface area contributed by atoms with Gasteiger partial charge in [0.05, 0.1) is 13.7 Å². The highest BCUT2D eigenvalue weighted by atomic mass is 32.1. The van der Waals surface area contributed by atoms with E-state index >= 15 is 0 Å². The van der Waals surface area contributed by atoms with Crippen LogP contribution in [-0.4, -0.2) is 26.7 Å². The second kappa shape index (κ2) is 6.02. The number of hydrogen-bond donors (Lipinski definition) is 1. The molecule has 1 aromatic carbocycles. The number of methoxy groups -OCH3 is 1. The van der Waals surface area contributed by atoms with Crippen molar-refractivity contribution in [2.24, 2.45) is 0 Å². The molecule has 0 saturated carbocycles. The monoisotopic (exact) mass is 268 g/mol. The quantitative estimate of drug-likeness (QED) is 0.657. The second-order valence-electron chi connectivity index (χ2n) is 2.98. The standard InChI is InChI=1S/C10H11F3O3S/c1-14-9-6-7(17)2-3-8(9)15-4-5-16-10(11,12)13/h2-3,6,17H,4-5H2,1H3. The number of thiol groups is 1. The van der Waals surface area contributed by atoms with Gasteiger partial charge in [0.15, 0.2) is 11.5 Å². The maximum absolute atomic E-state index is 11.7. The molecule has 0 aromatic heterocycles. The van der Waals surface area contributed by atoms with Gasteiger partial charge in [0.2, 0.25) is 0 Å². The van der Waals surface area contributed by atoms with E-state index in [9.17, 15) is 13.2 Å². The molecule has 7 heteroatoms. The van der Waals surface area contributed by atoms with Crippen LogP contribution >= 0.6 is 12.6 Å². The van der Waals surface area contributed by atoms with E-state index in [0.29, 0.717) is 16.4 Å². The van der Waals surface area contributed by atoms with Gasteiger partial charge in [-0.3, -0.25) is 4.74 Å². The molecule has 0 heterocycles. The van der Waals surface area contributed by atoms with Crippen LogP contribution in [0.5, 0.6) is 11.5 Å². The molecule has 3 nitrogen and oxygen atoms in total. The molecular formula is C10H11F3O3S. The number of hydrogen-bond acceptors (Lipinski definition) is 4. The van der Waals surface area contributed by atoms with E-state index in [1.165, 1.54) is 7.11 Å². The van der Waals surface area contributed by atoms with Crippen LogP contribution in [0.15, 0.2) is 23.1 Å². The van der Waals surface area contributed by atoms with Crippen LogP contribution in [-0.2, 0) is 4.74 Å². The van der Waals surface area contributed by atoms with E-state index < -0.39 is 13.0 Å². The number of ether oxygens (including phenoxy) is 3. The normalized spacial score (nSPS) is 11.4. The minimum atomic E-state index is -4.64. The van der Waals surface area contributed by atoms with E-state index in [1.54, 1.807) is 18.2 Å². The van der Waals surface area contributed by atoms with Gasteiger partial charge in [0, 0.05) is 4.90 Å². The van der Waals surface area contributed by atoms with Gasteiger partial charge in [-0.15, -0.1) is 25.8 Å². The van der Waals surface area contributed by atoms with Crippen LogP contribution in [0.3, 0.4) is 0 Å². The number of benzene rings is 1. The van der Waals surface area contributed by atoms with E-state index in [4.69, 9.17) is 9.47 Å². The lowest BCUT2D eigenvalue weighted by Crippen LogP contribution is -2.18. The molecule has 0 N–H and O–H groups in total. The third-order valence-electron chi connectivity index (χ3n) is 1.75. The van der Waals surface area contributed by atoms with Crippen molar-refractivity contribution in [3.05, 3.63) is 18.2 Å². The molecule has 0 saturated heterocycles. The molecule has 1 aromatic rings. The molecule has 0 bridgehead atoms. The summed E-state index contributed by atoms with van der Waals surface area (Å²) in [7, 11) is 1.43. The molecule has 0 atom stereocenters. The fraction of sp³-hybridized carbons (Fsp3) is 0.400. The van der Waals surface area contributed by atoms with Gasteiger partial charge >= 0.3 is 6.36 Å². The highest BCUT2D eigenvalue weighted by Crippen LogP contribution is 2.29. The smallest absolute Gasteiger partial charge is 0.493 e. The Balaban J connectivity index is 2.46. The zero-order valence-corrected chi connectivity index (χ0v) is 9.85. The van der Waals surface area contributed by atoms with Crippen LogP contribution < -0.4 is 9.47 Å². The van der Waals surface area contributed by atoms with E-state index in [2.05, 4.69) is 17.4 Å². The summed E-state index contributed by atoms with van der Waals surface area (Å²) < 4.78 is 48.7. The largest absolute Gasteiger partial charge is 0.522 e. The fourth-order valence-electron chi connectivity index (χ4n) is 1.08. The third kappa shape index (κ3) is 5.18. The fourth-order valence-corrected chi connectivity index (χ4v) is 1.28. The summed E-state index contributed by atoms with van der Waals surface area (Å²) in [6, 6.07) is 4.81. The zero-order valence-electron chi connectivity index (χ0n) is 8.95. The van der Waals surface area contributed by atoms with Crippen molar-refractivity contribution in [2.75, 3.05) is 20.3 Å². The number of rotatable bonds is 5. The van der Waals surface area contributed by atoms with Gasteiger partial charge in [0.25, 0.3) is 0 Å². The molecule has 0 unspecified atom stereocenters. The van der Waals surface area contributed by atoms with Crippen molar-refractivity contribution in [3.63, 3.8) is 0 Å². The molecule has 17 heavy (non-hydrogen) atoms. The van der Waals surface area contributed by atoms with Crippen molar-refractivity contribution in [2.45, 2.75) is 11.3 Å². The van der Waals surface area contributed by atoms with Gasteiger partial charge < -0.3 is 9.47 Å². The van der Waals surface area contributed by atoms with E-state index in [1.807, 2.05) is 0 Å². The molecule has 0 aliphatic carbocycles. The summed E-state index contributed by atoms with van der Waals surface area (Å²) in [5.41, 5.74) is 0. The lowest BCUT2D eigenvalue weighted by Gasteiger charge is -2.12. The van der Waals surface area contributed by atoms with Crippen molar-refractivity contribution in [1.82, 2.24) is 0 Å². The lowest BCUT2D eigenvalue weighted by molar-refractivity contribution is -0.325. The highest BCUT2D eigenvalue weighted by molar-refractivity contribution is 7.80. The van der Waals surface area contributed by atoms with Crippen LogP contribution in [0, 0.1) is 0 Å². The van der Waals surface area contributed by atoms with Crippen molar-refractivity contribution in [3.8, 4) is 11.5 Å². The lowest BCUT2D eigenvalue weighted by atomic mass is 10.3. The minimum absolute atomic E-state index is 0.220. The molecule has 0 amide bonds. The summed E-state index contributed by atoms with van der Waals surface area (Å²) in [6.45, 7) is -0.795. The third-order valence-corrected chi connectivity index (χ3v) is 2.03. The Labute approximate surface area is 102 Å². The summed E-state index contributed by atoms with van der Waals surface area (Å²) in [5.74, 6) is 0.751. The van der Waals surface area contributed by atoms with Crippen molar-refractivity contribution < 1.29 is 27.4 Å². The molecule has 0 fully saturated rings. The predicted octanol–water partition coefficient (Wildman–Crippen LogP) is 2.90. The van der Waals surface area contributed by atoms with Gasteiger partial charge in [-0.2, -0.15) is 0 Å². The summed E-state index contributed by atoms with van der Waals surface area (Å²) >= 11 is 4.09. The summed E-state index contributed by atoms with van der Waals surface area (Å²) in [5, 5.41) is 0. The summed E-state index contributed by atoms with van der Waals surface area (Å²) in [6.07, 6.45) is -4.64. The first-order chi connectivity index (χ1) is 7.92. The topological polar surface area (TPSA) is 27.7 Å². The first kappa shape index (κ1) is 14.0. The Morgan fingerprint density at radius 1 is 1.18 bits per heavy atom. The Bertz CT molecular complexity index is 368. The first-order valence-corrected chi connectivity index (χ1v) is 5.07. The van der Waals surface area contributed by atoms with Gasteiger partial charge in [-0.25, -0.2) is 0 Å². The molecule has 1 rings (SSSR count). The van der Waals surface area contributed by atoms with Crippen molar-refractivity contribution in [1.29, 1.82) is 0 Å². The molecule has 0 aliphatic heterocycles. The average molecular weight is 268 g/mol. The average Bonchev–Trinajstić information content (AvgIpc) is 2.24. The van der Waals surface area contributed by atoms with Gasteiger partial charge in [0.1, 0.15) is 6.61 Å². The number of alkyl halides is 3. The van der Waals surface area contributed by atoms with Crippen LogP contribution in [0.25, 0.3) is 0 Å². The van der Waals surface area contributed by atoms with Crippen LogP contribution in [0.4, 0.5) is 13.2 Å². The van der Waals surface area contributed by atoms with E-state index in [0.717, 1.165) is 0 Å². The van der Waals surface area contributed by atoms with E-state index in [-0.39, 0.29) is 6.61 Å². The molecule has 0 aliphatic rings. The second-order valence-corrected chi connectivity index (χ2v) is 3.49. The van der Waals surface area contributed by atoms with Crippen molar-refractivity contribution >= 4 is 12.6 Å². The SMILES string of the molecule is COc1cc(S)ccc1OCCOC(F)(F)F. The molecular weight excluding hydrogens is 257 g/mol. The van der Waals surface area contributed by atoms with Gasteiger partial charge in [-0.1, -0.05) is 0 Å². The maximum atomic E-state index is 11.7. The zero-order chi connectivity index (χ0) is 12.9. The Morgan fingerprint density at radius 3 is 2.47 bits per heavy atom. The molecule has 96 valence electrons. The molecule has 0 radical (unpaired) electrons. The van der Waals surface area contributed by atoms with Gasteiger partial charge in [-0.05, 0) is 18.2 Å². The first-order valence-electron chi connectivity index (χ1n) is 4.63.